The lowest BCUT2D eigenvalue weighted by Crippen LogP contribution is -2.07. The third-order valence-corrected chi connectivity index (χ3v) is 1.63. The Morgan fingerprint density at radius 2 is 2.07 bits per heavy atom. The molecular weight excluding hydrogens is 196 g/mol. The number of rotatable bonds is 2. The van der Waals surface area contributed by atoms with Gasteiger partial charge < -0.3 is 15.6 Å². The molecule has 76 valence electrons. The quantitative estimate of drug-likeness (QED) is 0.709. The Bertz CT molecular complexity index is 393. The van der Waals surface area contributed by atoms with Crippen LogP contribution in [0.3, 0.4) is 0 Å². The van der Waals surface area contributed by atoms with Gasteiger partial charge in [0.15, 0.2) is 11.6 Å². The van der Waals surface area contributed by atoms with Crippen molar-refractivity contribution in [2.24, 2.45) is 0 Å². The van der Waals surface area contributed by atoms with Gasteiger partial charge in [0.25, 0.3) is 0 Å². The summed E-state index contributed by atoms with van der Waals surface area (Å²) in [7, 11) is 1.11. The van der Waals surface area contributed by atoms with Crippen LogP contribution in [0.25, 0.3) is 0 Å². The minimum atomic E-state index is -1.59. The molecule has 0 aliphatic carbocycles. The van der Waals surface area contributed by atoms with Crippen molar-refractivity contribution >= 4 is 11.7 Å². The number of methoxy groups -OCH3 is 1. The van der Waals surface area contributed by atoms with E-state index >= 15 is 0 Å². The van der Waals surface area contributed by atoms with Crippen LogP contribution in [0.15, 0.2) is 6.07 Å². The summed E-state index contributed by atoms with van der Waals surface area (Å²) in [5, 5.41) is 8.48. The highest BCUT2D eigenvalue weighted by Crippen LogP contribution is 2.29. The van der Waals surface area contributed by atoms with Crippen molar-refractivity contribution in [2.45, 2.75) is 0 Å². The monoisotopic (exact) mass is 203 g/mol. The lowest BCUT2D eigenvalue weighted by atomic mass is 10.1. The van der Waals surface area contributed by atoms with Gasteiger partial charge in [0.2, 0.25) is 5.82 Å². The molecule has 0 fully saturated rings. The minimum absolute atomic E-state index is 0.260. The molecule has 0 aliphatic rings. The van der Waals surface area contributed by atoms with E-state index in [2.05, 4.69) is 4.74 Å². The predicted molar refractivity (Wildman–Crippen MR) is 44.3 cm³/mol. The molecule has 0 aliphatic heterocycles. The van der Waals surface area contributed by atoms with Gasteiger partial charge in [-0.05, 0) is 6.07 Å². The normalized spacial score (nSPS) is 9.93. The Labute approximate surface area is 77.9 Å². The average Bonchev–Trinajstić information content (AvgIpc) is 2.12. The van der Waals surface area contributed by atoms with E-state index in [1.807, 2.05) is 0 Å². The van der Waals surface area contributed by atoms with Crippen LogP contribution in [0, 0.1) is 11.6 Å². The maximum Gasteiger partial charge on any atom is 0.338 e. The Kier molecular flexibility index (Phi) is 2.55. The number of carboxylic acid groups (broad SMARTS) is 1. The standard InChI is InChI=1S/C8H7F2NO3/c1-14-7-4(11)2-3(8(12)13)5(9)6(7)10/h2H,11H2,1H3,(H,12,13). The van der Waals surface area contributed by atoms with E-state index in [4.69, 9.17) is 10.8 Å². The first-order valence-electron chi connectivity index (χ1n) is 3.53. The maximum absolute atomic E-state index is 13.0. The third kappa shape index (κ3) is 1.46. The first-order valence-corrected chi connectivity index (χ1v) is 3.53. The molecule has 6 heteroatoms. The van der Waals surface area contributed by atoms with E-state index in [-0.39, 0.29) is 5.69 Å². The van der Waals surface area contributed by atoms with E-state index in [1.54, 1.807) is 0 Å². The molecule has 14 heavy (non-hydrogen) atoms. The number of halogens is 2. The fraction of sp³-hybridized carbons (Fsp3) is 0.125. The first-order chi connectivity index (χ1) is 6.49. The number of benzene rings is 1. The van der Waals surface area contributed by atoms with Crippen LogP contribution in [0.5, 0.6) is 5.75 Å². The molecule has 0 radical (unpaired) electrons. The fourth-order valence-electron chi connectivity index (χ4n) is 0.992. The number of hydrogen-bond donors (Lipinski definition) is 2. The summed E-state index contributed by atoms with van der Waals surface area (Å²) < 4.78 is 30.5. The van der Waals surface area contributed by atoms with Crippen molar-refractivity contribution in [1.82, 2.24) is 0 Å². The average molecular weight is 203 g/mol. The number of nitrogen functional groups attached to an aromatic ring is 1. The summed E-state index contributed by atoms with van der Waals surface area (Å²) in [5.74, 6) is -4.96. The second-order valence-electron chi connectivity index (χ2n) is 2.48. The highest BCUT2D eigenvalue weighted by Gasteiger charge is 2.21. The van der Waals surface area contributed by atoms with Crippen LogP contribution < -0.4 is 10.5 Å². The Balaban J connectivity index is 3.47. The lowest BCUT2D eigenvalue weighted by Gasteiger charge is -2.07. The minimum Gasteiger partial charge on any atom is -0.491 e. The van der Waals surface area contributed by atoms with Crippen LogP contribution in [0.4, 0.5) is 14.5 Å². The Morgan fingerprint density at radius 1 is 1.50 bits per heavy atom. The highest BCUT2D eigenvalue weighted by molar-refractivity contribution is 5.89. The third-order valence-electron chi connectivity index (χ3n) is 1.63. The molecule has 0 atom stereocenters. The molecule has 0 spiro atoms. The molecule has 0 heterocycles. The summed E-state index contributed by atoms with van der Waals surface area (Å²) >= 11 is 0. The Hall–Kier alpha value is -1.85. The second kappa shape index (κ2) is 3.49. The fourth-order valence-corrected chi connectivity index (χ4v) is 0.992. The molecule has 0 amide bonds. The van der Waals surface area contributed by atoms with Gasteiger partial charge in [-0.25, -0.2) is 9.18 Å². The van der Waals surface area contributed by atoms with Gasteiger partial charge >= 0.3 is 5.97 Å². The summed E-state index contributed by atoms with van der Waals surface area (Å²) in [5.41, 5.74) is 4.17. The number of ether oxygens (including phenoxy) is 1. The van der Waals surface area contributed by atoms with E-state index in [1.165, 1.54) is 0 Å². The van der Waals surface area contributed by atoms with E-state index < -0.39 is 28.9 Å². The zero-order valence-electron chi connectivity index (χ0n) is 7.17. The number of carbonyl (C=O) groups is 1. The summed E-state index contributed by atoms with van der Waals surface area (Å²) in [6.07, 6.45) is 0. The molecule has 0 saturated heterocycles. The van der Waals surface area contributed by atoms with Crippen molar-refractivity contribution in [3.63, 3.8) is 0 Å². The summed E-state index contributed by atoms with van der Waals surface area (Å²) in [4.78, 5) is 10.4. The van der Waals surface area contributed by atoms with E-state index in [0.29, 0.717) is 0 Å². The SMILES string of the molecule is COc1c(N)cc(C(=O)O)c(F)c1F. The van der Waals surface area contributed by atoms with Crippen LogP contribution >= 0.6 is 0 Å². The van der Waals surface area contributed by atoms with Gasteiger partial charge in [-0.15, -0.1) is 0 Å². The molecule has 1 rings (SSSR count). The largest absolute Gasteiger partial charge is 0.491 e. The molecule has 0 saturated carbocycles. The maximum atomic E-state index is 13.0. The second-order valence-corrected chi connectivity index (χ2v) is 2.48. The van der Waals surface area contributed by atoms with Crippen LogP contribution in [-0.2, 0) is 0 Å². The highest BCUT2D eigenvalue weighted by atomic mass is 19.2. The van der Waals surface area contributed by atoms with Crippen LogP contribution in [0.2, 0.25) is 0 Å². The molecule has 0 aromatic heterocycles. The number of carboxylic acids is 1. The van der Waals surface area contributed by atoms with Gasteiger partial charge in [0.1, 0.15) is 5.56 Å². The van der Waals surface area contributed by atoms with Gasteiger partial charge in [-0.3, -0.25) is 0 Å². The van der Waals surface area contributed by atoms with Crippen molar-refractivity contribution in [3.8, 4) is 5.75 Å². The lowest BCUT2D eigenvalue weighted by molar-refractivity contribution is 0.0690. The van der Waals surface area contributed by atoms with Gasteiger partial charge in [0.05, 0.1) is 12.8 Å². The summed E-state index contributed by atoms with van der Waals surface area (Å²) in [6.45, 7) is 0. The van der Waals surface area contributed by atoms with Gasteiger partial charge in [-0.1, -0.05) is 0 Å². The molecule has 0 unspecified atom stereocenters. The molecule has 1 aromatic carbocycles. The first kappa shape index (κ1) is 10.2. The number of aromatic carboxylic acids is 1. The van der Waals surface area contributed by atoms with Gasteiger partial charge in [-0.2, -0.15) is 4.39 Å². The predicted octanol–water partition coefficient (Wildman–Crippen LogP) is 1.25. The Morgan fingerprint density at radius 3 is 2.50 bits per heavy atom. The molecule has 0 bridgehead atoms. The van der Waals surface area contributed by atoms with Crippen molar-refractivity contribution < 1.29 is 23.4 Å². The number of nitrogens with two attached hydrogens (primary N) is 1. The van der Waals surface area contributed by atoms with Crippen molar-refractivity contribution in [1.29, 1.82) is 0 Å². The number of hydrogen-bond acceptors (Lipinski definition) is 3. The molecule has 1 aromatic rings. The molecular formula is C8H7F2NO3. The van der Waals surface area contributed by atoms with E-state index in [0.717, 1.165) is 13.2 Å². The number of anilines is 1. The zero-order valence-corrected chi connectivity index (χ0v) is 7.17. The van der Waals surface area contributed by atoms with Crippen molar-refractivity contribution in [2.75, 3.05) is 12.8 Å². The van der Waals surface area contributed by atoms with E-state index in [9.17, 15) is 13.6 Å². The topological polar surface area (TPSA) is 72.5 Å². The summed E-state index contributed by atoms with van der Waals surface area (Å²) in [6, 6.07) is 0.805. The van der Waals surface area contributed by atoms with Crippen molar-refractivity contribution in [3.05, 3.63) is 23.3 Å². The van der Waals surface area contributed by atoms with Crippen LogP contribution in [-0.4, -0.2) is 18.2 Å². The van der Waals surface area contributed by atoms with Crippen LogP contribution in [0.1, 0.15) is 10.4 Å². The smallest absolute Gasteiger partial charge is 0.338 e. The van der Waals surface area contributed by atoms with Gasteiger partial charge in [0, 0.05) is 0 Å². The zero-order chi connectivity index (χ0) is 10.9. The molecule has 4 nitrogen and oxygen atoms in total. The molecule has 3 N–H and O–H groups in total.